The van der Waals surface area contributed by atoms with E-state index in [1.807, 2.05) is 55.5 Å². The molecule has 1 heterocycles. The highest BCUT2D eigenvalue weighted by molar-refractivity contribution is 7.14. The standard InChI is InChI=1S/C21H19NO3S/c1-15-7-9-17(10-8-15)25-14-20(23)22-13-18-11-12-19(26-18)21(24)16-5-3-2-4-6-16/h2-12H,13-14H2,1H3,(H,22,23). The number of aryl methyl sites for hydroxylation is 1. The molecule has 1 aromatic heterocycles. The molecule has 132 valence electrons. The number of hydrogen-bond donors (Lipinski definition) is 1. The van der Waals surface area contributed by atoms with Gasteiger partial charge in [-0.05, 0) is 31.2 Å². The molecule has 0 aliphatic rings. The van der Waals surface area contributed by atoms with Crippen molar-refractivity contribution in [2.45, 2.75) is 13.5 Å². The zero-order valence-corrected chi connectivity index (χ0v) is 15.2. The van der Waals surface area contributed by atoms with Crippen LogP contribution in [0, 0.1) is 6.92 Å². The van der Waals surface area contributed by atoms with Crippen LogP contribution in [0.2, 0.25) is 0 Å². The van der Waals surface area contributed by atoms with Crippen LogP contribution in [-0.2, 0) is 11.3 Å². The van der Waals surface area contributed by atoms with Crippen LogP contribution >= 0.6 is 11.3 Å². The fourth-order valence-electron chi connectivity index (χ4n) is 2.35. The first-order valence-corrected chi connectivity index (χ1v) is 9.08. The van der Waals surface area contributed by atoms with Crippen LogP contribution in [0.1, 0.15) is 25.7 Å². The van der Waals surface area contributed by atoms with Gasteiger partial charge in [0, 0.05) is 10.4 Å². The Balaban J connectivity index is 1.49. The molecule has 0 aliphatic carbocycles. The van der Waals surface area contributed by atoms with Crippen molar-refractivity contribution in [2.75, 3.05) is 6.61 Å². The predicted molar refractivity (Wildman–Crippen MR) is 103 cm³/mol. The maximum absolute atomic E-state index is 12.4. The molecule has 0 aliphatic heterocycles. The lowest BCUT2D eigenvalue weighted by Gasteiger charge is -2.07. The van der Waals surface area contributed by atoms with E-state index in [4.69, 9.17) is 4.74 Å². The molecule has 0 fully saturated rings. The van der Waals surface area contributed by atoms with Crippen LogP contribution in [0.25, 0.3) is 0 Å². The lowest BCUT2D eigenvalue weighted by Crippen LogP contribution is -2.28. The molecule has 0 radical (unpaired) electrons. The summed E-state index contributed by atoms with van der Waals surface area (Å²) in [7, 11) is 0. The molecule has 4 nitrogen and oxygen atoms in total. The van der Waals surface area contributed by atoms with E-state index < -0.39 is 0 Å². The average molecular weight is 365 g/mol. The topological polar surface area (TPSA) is 55.4 Å². The highest BCUT2D eigenvalue weighted by Crippen LogP contribution is 2.20. The van der Waals surface area contributed by atoms with Gasteiger partial charge in [0.05, 0.1) is 11.4 Å². The van der Waals surface area contributed by atoms with Crippen molar-refractivity contribution in [2.24, 2.45) is 0 Å². The predicted octanol–water partition coefficient (Wildman–Crippen LogP) is 3.98. The summed E-state index contributed by atoms with van der Waals surface area (Å²) in [5.74, 6) is 0.461. The molecule has 26 heavy (non-hydrogen) atoms. The summed E-state index contributed by atoms with van der Waals surface area (Å²) in [6.07, 6.45) is 0. The van der Waals surface area contributed by atoms with Gasteiger partial charge in [-0.25, -0.2) is 0 Å². The molecule has 1 amide bonds. The monoisotopic (exact) mass is 365 g/mol. The Morgan fingerprint density at radius 3 is 2.42 bits per heavy atom. The van der Waals surface area contributed by atoms with Gasteiger partial charge in [-0.3, -0.25) is 9.59 Å². The zero-order chi connectivity index (χ0) is 18.4. The third kappa shape index (κ3) is 4.80. The SMILES string of the molecule is Cc1ccc(OCC(=O)NCc2ccc(C(=O)c3ccccc3)s2)cc1. The van der Waals surface area contributed by atoms with Crippen molar-refractivity contribution < 1.29 is 14.3 Å². The summed E-state index contributed by atoms with van der Waals surface area (Å²) in [6, 6.07) is 20.4. The van der Waals surface area contributed by atoms with E-state index in [1.165, 1.54) is 11.3 Å². The molecule has 5 heteroatoms. The first-order valence-electron chi connectivity index (χ1n) is 8.26. The summed E-state index contributed by atoms with van der Waals surface area (Å²) < 4.78 is 5.45. The molecule has 3 rings (SSSR count). The summed E-state index contributed by atoms with van der Waals surface area (Å²) >= 11 is 1.39. The van der Waals surface area contributed by atoms with E-state index in [1.54, 1.807) is 18.2 Å². The molecule has 0 bridgehead atoms. The fourth-order valence-corrected chi connectivity index (χ4v) is 3.26. The molecule has 3 aromatic rings. The van der Waals surface area contributed by atoms with Crippen molar-refractivity contribution in [3.05, 3.63) is 87.6 Å². The van der Waals surface area contributed by atoms with Gasteiger partial charge in [-0.2, -0.15) is 0 Å². The summed E-state index contributed by atoms with van der Waals surface area (Å²) in [5.41, 5.74) is 1.80. The number of hydrogen-bond acceptors (Lipinski definition) is 4. The normalized spacial score (nSPS) is 10.3. The van der Waals surface area contributed by atoms with Gasteiger partial charge in [0.15, 0.2) is 6.61 Å². The van der Waals surface area contributed by atoms with Crippen LogP contribution < -0.4 is 10.1 Å². The van der Waals surface area contributed by atoms with Gasteiger partial charge in [0.2, 0.25) is 5.78 Å². The number of amides is 1. The Labute approximate surface area is 156 Å². The first kappa shape index (κ1) is 17.9. The Morgan fingerprint density at radius 1 is 0.962 bits per heavy atom. The lowest BCUT2D eigenvalue weighted by molar-refractivity contribution is -0.123. The van der Waals surface area contributed by atoms with E-state index in [2.05, 4.69) is 5.32 Å². The molecule has 0 atom stereocenters. The summed E-state index contributed by atoms with van der Waals surface area (Å²) in [6.45, 7) is 2.33. The van der Waals surface area contributed by atoms with Crippen LogP contribution in [0.15, 0.2) is 66.7 Å². The van der Waals surface area contributed by atoms with Crippen LogP contribution in [-0.4, -0.2) is 18.3 Å². The van der Waals surface area contributed by atoms with Gasteiger partial charge in [0.1, 0.15) is 5.75 Å². The smallest absolute Gasteiger partial charge is 0.258 e. The third-order valence-electron chi connectivity index (χ3n) is 3.77. The van der Waals surface area contributed by atoms with E-state index >= 15 is 0 Å². The largest absolute Gasteiger partial charge is 0.484 e. The van der Waals surface area contributed by atoms with Crippen LogP contribution in [0.5, 0.6) is 5.75 Å². The number of ether oxygens (including phenoxy) is 1. The maximum Gasteiger partial charge on any atom is 0.258 e. The minimum atomic E-state index is -0.199. The molecule has 0 unspecified atom stereocenters. The number of carbonyl (C=O) groups excluding carboxylic acids is 2. The second kappa shape index (κ2) is 8.45. The number of rotatable bonds is 7. The molecule has 0 saturated carbocycles. The number of thiophene rings is 1. The number of benzene rings is 2. The third-order valence-corrected chi connectivity index (χ3v) is 4.86. The molecular weight excluding hydrogens is 346 g/mol. The average Bonchev–Trinajstić information content (AvgIpc) is 3.15. The highest BCUT2D eigenvalue weighted by atomic mass is 32.1. The number of ketones is 1. The quantitative estimate of drug-likeness (QED) is 0.644. The lowest BCUT2D eigenvalue weighted by atomic mass is 10.1. The van der Waals surface area contributed by atoms with Gasteiger partial charge in [-0.15, -0.1) is 11.3 Å². The van der Waals surface area contributed by atoms with E-state index in [0.29, 0.717) is 22.7 Å². The van der Waals surface area contributed by atoms with Crippen LogP contribution in [0.3, 0.4) is 0 Å². The minimum absolute atomic E-state index is 0.00381. The Bertz CT molecular complexity index is 885. The van der Waals surface area contributed by atoms with E-state index in [9.17, 15) is 9.59 Å². The van der Waals surface area contributed by atoms with Gasteiger partial charge < -0.3 is 10.1 Å². The van der Waals surface area contributed by atoms with Crippen molar-refractivity contribution in [1.82, 2.24) is 5.32 Å². The minimum Gasteiger partial charge on any atom is -0.484 e. The summed E-state index contributed by atoms with van der Waals surface area (Å²) in [5, 5.41) is 2.81. The number of carbonyl (C=O) groups is 2. The van der Waals surface area contributed by atoms with Crippen LogP contribution in [0.4, 0.5) is 0 Å². The van der Waals surface area contributed by atoms with Crippen molar-refractivity contribution in [1.29, 1.82) is 0 Å². The summed E-state index contributed by atoms with van der Waals surface area (Å²) in [4.78, 5) is 25.9. The Morgan fingerprint density at radius 2 is 1.69 bits per heavy atom. The highest BCUT2D eigenvalue weighted by Gasteiger charge is 2.12. The second-order valence-corrected chi connectivity index (χ2v) is 7.01. The second-order valence-electron chi connectivity index (χ2n) is 5.84. The Hall–Kier alpha value is -2.92. The first-order chi connectivity index (χ1) is 12.6. The molecule has 0 saturated heterocycles. The molecule has 0 spiro atoms. The van der Waals surface area contributed by atoms with Gasteiger partial charge >= 0.3 is 0 Å². The van der Waals surface area contributed by atoms with Gasteiger partial charge in [-0.1, -0.05) is 48.0 Å². The van der Waals surface area contributed by atoms with Crippen molar-refractivity contribution >= 4 is 23.0 Å². The van der Waals surface area contributed by atoms with Gasteiger partial charge in [0.25, 0.3) is 5.91 Å². The van der Waals surface area contributed by atoms with E-state index in [-0.39, 0.29) is 18.3 Å². The molecule has 2 aromatic carbocycles. The maximum atomic E-state index is 12.4. The van der Waals surface area contributed by atoms with Crippen molar-refractivity contribution in [3.8, 4) is 5.75 Å². The number of nitrogens with one attached hydrogen (secondary N) is 1. The fraction of sp³-hybridized carbons (Fsp3) is 0.143. The zero-order valence-electron chi connectivity index (χ0n) is 14.4. The molecular formula is C21H19NO3S. The van der Waals surface area contributed by atoms with Crippen molar-refractivity contribution in [3.63, 3.8) is 0 Å². The Kier molecular flexibility index (Phi) is 5.81. The molecule has 1 N–H and O–H groups in total. The van der Waals surface area contributed by atoms with E-state index in [0.717, 1.165) is 10.4 Å².